The molecule has 1 aliphatic carbocycles. The lowest BCUT2D eigenvalue weighted by atomic mass is 9.95. The van der Waals surface area contributed by atoms with Gasteiger partial charge in [-0.3, -0.25) is 19.3 Å². The van der Waals surface area contributed by atoms with Crippen LogP contribution in [0.5, 0.6) is 0 Å². The highest BCUT2D eigenvalue weighted by atomic mass is 127. The van der Waals surface area contributed by atoms with Crippen LogP contribution in [0.2, 0.25) is 0 Å². The van der Waals surface area contributed by atoms with Gasteiger partial charge in [0, 0.05) is 39.4 Å². The number of aryl methyl sites for hydroxylation is 1. The van der Waals surface area contributed by atoms with E-state index in [0.717, 1.165) is 18.5 Å². The summed E-state index contributed by atoms with van der Waals surface area (Å²) >= 11 is 0. The van der Waals surface area contributed by atoms with Gasteiger partial charge >= 0.3 is 0 Å². The quantitative estimate of drug-likeness (QED) is 0.359. The minimum Gasteiger partial charge on any atom is -0.352 e. The largest absolute Gasteiger partial charge is 0.352 e. The zero-order valence-corrected chi connectivity index (χ0v) is 18.9. The van der Waals surface area contributed by atoms with Crippen molar-refractivity contribution in [2.45, 2.75) is 38.1 Å². The van der Waals surface area contributed by atoms with Crippen molar-refractivity contribution in [1.29, 1.82) is 0 Å². The number of carbonyl (C=O) groups is 2. The average molecular weight is 503 g/mol. The SMILES string of the molecule is CN=C(NCC(=O)NC1CCCCC1)N1CCN(c2cnn(C)c2)C(=O)C1.I. The number of rotatable bonds is 4. The van der Waals surface area contributed by atoms with Crippen LogP contribution in [-0.4, -0.2) is 71.7 Å². The Labute approximate surface area is 182 Å². The fourth-order valence-corrected chi connectivity index (χ4v) is 3.69. The molecule has 1 aromatic heterocycles. The van der Waals surface area contributed by atoms with Crippen molar-refractivity contribution in [3.8, 4) is 0 Å². The summed E-state index contributed by atoms with van der Waals surface area (Å²) < 4.78 is 1.68. The van der Waals surface area contributed by atoms with Crippen LogP contribution in [0.1, 0.15) is 32.1 Å². The van der Waals surface area contributed by atoms with E-state index in [1.54, 1.807) is 22.8 Å². The van der Waals surface area contributed by atoms with Crippen LogP contribution >= 0.6 is 24.0 Å². The normalized spacial score (nSPS) is 18.6. The van der Waals surface area contributed by atoms with Gasteiger partial charge in [0.1, 0.15) is 6.54 Å². The lowest BCUT2D eigenvalue weighted by molar-refractivity contribution is -0.121. The summed E-state index contributed by atoms with van der Waals surface area (Å²) in [6, 6.07) is 0.291. The fourth-order valence-electron chi connectivity index (χ4n) is 3.69. The maximum absolute atomic E-state index is 12.5. The van der Waals surface area contributed by atoms with Crippen LogP contribution in [0.15, 0.2) is 17.4 Å². The molecular formula is C18H30IN7O2. The molecule has 2 amide bonds. The summed E-state index contributed by atoms with van der Waals surface area (Å²) in [6.45, 7) is 1.59. The zero-order valence-electron chi connectivity index (χ0n) is 16.6. The third-order valence-corrected chi connectivity index (χ3v) is 5.11. The molecule has 1 aromatic rings. The van der Waals surface area contributed by atoms with Gasteiger partial charge in [-0.1, -0.05) is 19.3 Å². The Kier molecular flexibility index (Phi) is 8.52. The molecule has 2 aliphatic rings. The Morgan fingerprint density at radius 2 is 2.04 bits per heavy atom. The Morgan fingerprint density at radius 3 is 2.64 bits per heavy atom. The van der Waals surface area contributed by atoms with Crippen LogP contribution in [0.25, 0.3) is 0 Å². The molecule has 0 atom stereocenters. The number of halogens is 1. The van der Waals surface area contributed by atoms with Crippen molar-refractivity contribution >= 4 is 47.4 Å². The predicted octanol–water partition coefficient (Wildman–Crippen LogP) is 0.711. The van der Waals surface area contributed by atoms with Gasteiger partial charge in [-0.2, -0.15) is 5.10 Å². The number of amides is 2. The highest BCUT2D eigenvalue weighted by Crippen LogP contribution is 2.17. The predicted molar refractivity (Wildman–Crippen MR) is 119 cm³/mol. The minimum atomic E-state index is -0.0247. The summed E-state index contributed by atoms with van der Waals surface area (Å²) in [5.41, 5.74) is 0.803. The molecule has 2 heterocycles. The first kappa shape index (κ1) is 22.4. The van der Waals surface area contributed by atoms with E-state index in [0.29, 0.717) is 25.1 Å². The number of hydrogen-bond donors (Lipinski definition) is 2. The number of aromatic nitrogens is 2. The van der Waals surface area contributed by atoms with Crippen molar-refractivity contribution in [2.24, 2.45) is 12.0 Å². The topological polar surface area (TPSA) is 94.9 Å². The van der Waals surface area contributed by atoms with Crippen molar-refractivity contribution in [3.63, 3.8) is 0 Å². The van der Waals surface area contributed by atoms with Crippen LogP contribution in [-0.2, 0) is 16.6 Å². The first-order valence-electron chi connectivity index (χ1n) is 9.61. The van der Waals surface area contributed by atoms with Gasteiger partial charge in [-0.25, -0.2) is 0 Å². The highest BCUT2D eigenvalue weighted by Gasteiger charge is 2.28. The third kappa shape index (κ3) is 5.82. The number of piperazine rings is 1. The number of aliphatic imine (C=N–C) groups is 1. The van der Waals surface area contributed by atoms with Crippen LogP contribution in [0.3, 0.4) is 0 Å². The van der Waals surface area contributed by atoms with Gasteiger partial charge in [0.05, 0.1) is 18.4 Å². The van der Waals surface area contributed by atoms with Gasteiger partial charge in [0.2, 0.25) is 11.8 Å². The summed E-state index contributed by atoms with van der Waals surface area (Å²) in [5, 5.41) is 10.3. The van der Waals surface area contributed by atoms with Crippen molar-refractivity contribution < 1.29 is 9.59 Å². The van der Waals surface area contributed by atoms with E-state index in [9.17, 15) is 9.59 Å². The molecule has 0 radical (unpaired) electrons. The Hall–Kier alpha value is -1.85. The van der Waals surface area contributed by atoms with E-state index in [1.165, 1.54) is 19.3 Å². The van der Waals surface area contributed by atoms with E-state index < -0.39 is 0 Å². The van der Waals surface area contributed by atoms with E-state index in [2.05, 4.69) is 20.7 Å². The maximum atomic E-state index is 12.5. The molecule has 0 spiro atoms. The number of anilines is 1. The van der Waals surface area contributed by atoms with E-state index >= 15 is 0 Å². The van der Waals surface area contributed by atoms with E-state index in [1.807, 2.05) is 18.1 Å². The second kappa shape index (κ2) is 10.6. The molecule has 28 heavy (non-hydrogen) atoms. The van der Waals surface area contributed by atoms with E-state index in [-0.39, 0.29) is 48.9 Å². The first-order valence-corrected chi connectivity index (χ1v) is 9.61. The third-order valence-electron chi connectivity index (χ3n) is 5.11. The molecule has 0 unspecified atom stereocenters. The number of carbonyl (C=O) groups excluding carboxylic acids is 2. The first-order chi connectivity index (χ1) is 13.1. The molecule has 10 heteroatoms. The molecule has 9 nitrogen and oxygen atoms in total. The van der Waals surface area contributed by atoms with Gasteiger partial charge in [0.25, 0.3) is 0 Å². The number of nitrogens with zero attached hydrogens (tertiary/aromatic N) is 5. The summed E-state index contributed by atoms with van der Waals surface area (Å²) in [7, 11) is 3.49. The van der Waals surface area contributed by atoms with Crippen molar-refractivity contribution in [2.75, 3.05) is 38.1 Å². The zero-order chi connectivity index (χ0) is 19.2. The second-order valence-electron chi connectivity index (χ2n) is 7.14. The van der Waals surface area contributed by atoms with Crippen molar-refractivity contribution in [3.05, 3.63) is 12.4 Å². The average Bonchev–Trinajstić information content (AvgIpc) is 3.09. The fraction of sp³-hybridized carbons (Fsp3) is 0.667. The van der Waals surface area contributed by atoms with Crippen LogP contribution < -0.4 is 15.5 Å². The second-order valence-corrected chi connectivity index (χ2v) is 7.14. The molecule has 1 saturated carbocycles. The monoisotopic (exact) mass is 503 g/mol. The van der Waals surface area contributed by atoms with Gasteiger partial charge < -0.3 is 20.4 Å². The molecule has 2 N–H and O–H groups in total. The number of nitrogens with one attached hydrogen (secondary N) is 2. The highest BCUT2D eigenvalue weighted by molar-refractivity contribution is 14.0. The Morgan fingerprint density at radius 1 is 1.29 bits per heavy atom. The molecule has 156 valence electrons. The summed E-state index contributed by atoms with van der Waals surface area (Å²) in [6.07, 6.45) is 9.27. The van der Waals surface area contributed by atoms with Gasteiger partial charge in [-0.15, -0.1) is 24.0 Å². The molecular weight excluding hydrogens is 473 g/mol. The van der Waals surface area contributed by atoms with Gasteiger partial charge in [0.15, 0.2) is 5.96 Å². The van der Waals surface area contributed by atoms with Crippen LogP contribution in [0.4, 0.5) is 5.69 Å². The van der Waals surface area contributed by atoms with E-state index in [4.69, 9.17) is 0 Å². The lowest BCUT2D eigenvalue weighted by Gasteiger charge is -2.35. The lowest BCUT2D eigenvalue weighted by Crippen LogP contribution is -2.56. The number of hydrogen-bond acceptors (Lipinski definition) is 4. The molecule has 1 aliphatic heterocycles. The minimum absolute atomic E-state index is 0. The van der Waals surface area contributed by atoms with Gasteiger partial charge in [-0.05, 0) is 12.8 Å². The Bertz CT molecular complexity index is 700. The Balaban J connectivity index is 0.00000280. The standard InChI is InChI=1S/C18H29N7O2.HI/c1-19-18(20-11-16(26)22-14-6-4-3-5-7-14)24-8-9-25(17(27)13-24)15-10-21-23(2)12-15;/h10,12,14H,3-9,11,13H2,1-2H3,(H,19,20)(H,22,26);1H. The molecule has 0 aromatic carbocycles. The maximum Gasteiger partial charge on any atom is 0.246 e. The molecule has 1 saturated heterocycles. The summed E-state index contributed by atoms with van der Waals surface area (Å²) in [5.74, 6) is 0.542. The summed E-state index contributed by atoms with van der Waals surface area (Å²) in [4.78, 5) is 32.5. The van der Waals surface area contributed by atoms with Crippen LogP contribution in [0, 0.1) is 0 Å². The molecule has 2 fully saturated rings. The molecule has 0 bridgehead atoms. The smallest absolute Gasteiger partial charge is 0.246 e. The molecule has 3 rings (SSSR count). The number of guanidine groups is 1. The van der Waals surface area contributed by atoms with Crippen molar-refractivity contribution in [1.82, 2.24) is 25.3 Å².